The fourth-order valence-corrected chi connectivity index (χ4v) is 4.59. The van der Waals surface area contributed by atoms with E-state index < -0.39 is 16.1 Å². The third-order valence-corrected chi connectivity index (χ3v) is 6.57. The Balaban J connectivity index is 1.61. The molecule has 1 unspecified atom stereocenters. The van der Waals surface area contributed by atoms with Gasteiger partial charge in [0.05, 0.1) is 4.90 Å². The van der Waals surface area contributed by atoms with E-state index in [1.165, 1.54) is 4.31 Å². The van der Waals surface area contributed by atoms with Crippen LogP contribution in [0.1, 0.15) is 18.1 Å². The highest BCUT2D eigenvalue weighted by atomic mass is 32.2. The smallest absolute Gasteiger partial charge is 0.410 e. The van der Waals surface area contributed by atoms with Crippen molar-refractivity contribution in [2.45, 2.75) is 31.4 Å². The predicted octanol–water partition coefficient (Wildman–Crippen LogP) is 3.03. The Labute approximate surface area is 160 Å². The summed E-state index contributed by atoms with van der Waals surface area (Å²) in [5.74, 6) is 0. The van der Waals surface area contributed by atoms with E-state index >= 15 is 0 Å². The van der Waals surface area contributed by atoms with Crippen molar-refractivity contribution in [2.75, 3.05) is 19.6 Å². The molecule has 1 atom stereocenters. The molecule has 3 rings (SSSR count). The number of benzene rings is 2. The second kappa shape index (κ2) is 8.10. The lowest BCUT2D eigenvalue weighted by Gasteiger charge is -2.38. The van der Waals surface area contributed by atoms with E-state index in [1.807, 2.05) is 44.2 Å². The van der Waals surface area contributed by atoms with Gasteiger partial charge >= 0.3 is 6.09 Å². The molecule has 2 aromatic rings. The van der Waals surface area contributed by atoms with Crippen molar-refractivity contribution in [2.24, 2.45) is 0 Å². The van der Waals surface area contributed by atoms with Gasteiger partial charge in [0.15, 0.2) is 0 Å². The van der Waals surface area contributed by atoms with Crippen LogP contribution < -0.4 is 0 Å². The number of carbonyl (C=O) groups is 1. The van der Waals surface area contributed by atoms with Crippen LogP contribution in [-0.2, 0) is 21.4 Å². The zero-order chi connectivity index (χ0) is 19.4. The predicted molar refractivity (Wildman–Crippen MR) is 103 cm³/mol. The van der Waals surface area contributed by atoms with Crippen LogP contribution in [0.25, 0.3) is 0 Å². The first kappa shape index (κ1) is 19.4. The maximum atomic E-state index is 12.8. The molecule has 27 heavy (non-hydrogen) atoms. The molecule has 0 aliphatic carbocycles. The van der Waals surface area contributed by atoms with Gasteiger partial charge < -0.3 is 9.64 Å². The summed E-state index contributed by atoms with van der Waals surface area (Å²) in [6.07, 6.45) is -0.418. The van der Waals surface area contributed by atoms with Crippen LogP contribution in [-0.4, -0.2) is 49.4 Å². The van der Waals surface area contributed by atoms with Gasteiger partial charge in [-0.1, -0.05) is 48.0 Å². The molecular weight excluding hydrogens is 364 g/mol. The number of sulfonamides is 1. The van der Waals surface area contributed by atoms with Crippen molar-refractivity contribution in [1.29, 1.82) is 0 Å². The zero-order valence-electron chi connectivity index (χ0n) is 15.5. The first-order valence-electron chi connectivity index (χ1n) is 8.92. The van der Waals surface area contributed by atoms with Gasteiger partial charge in [-0.05, 0) is 31.5 Å². The van der Waals surface area contributed by atoms with Gasteiger partial charge in [-0.25, -0.2) is 13.2 Å². The Morgan fingerprint density at radius 3 is 2.37 bits per heavy atom. The summed E-state index contributed by atoms with van der Waals surface area (Å²) in [5, 5.41) is 0. The number of hydrogen-bond acceptors (Lipinski definition) is 4. The molecule has 0 radical (unpaired) electrons. The minimum atomic E-state index is -3.56. The number of ether oxygens (including phenoxy) is 1. The minimum Gasteiger partial charge on any atom is -0.445 e. The van der Waals surface area contributed by atoms with E-state index in [0.29, 0.717) is 6.54 Å². The van der Waals surface area contributed by atoms with Crippen LogP contribution in [0.2, 0.25) is 0 Å². The third-order valence-electron chi connectivity index (χ3n) is 4.69. The average molecular weight is 388 g/mol. The van der Waals surface area contributed by atoms with Gasteiger partial charge in [0.1, 0.15) is 6.61 Å². The number of piperazine rings is 1. The molecule has 1 fully saturated rings. The number of hydrogen-bond donors (Lipinski definition) is 0. The van der Waals surface area contributed by atoms with Crippen molar-refractivity contribution in [3.8, 4) is 0 Å². The van der Waals surface area contributed by atoms with E-state index in [9.17, 15) is 13.2 Å². The van der Waals surface area contributed by atoms with Crippen molar-refractivity contribution in [3.05, 3.63) is 65.7 Å². The van der Waals surface area contributed by atoms with E-state index in [4.69, 9.17) is 4.74 Å². The number of nitrogens with zero attached hydrogens (tertiary/aromatic N) is 2. The summed E-state index contributed by atoms with van der Waals surface area (Å²) in [5.41, 5.74) is 1.92. The molecule has 0 bridgehead atoms. The van der Waals surface area contributed by atoms with Gasteiger partial charge in [0, 0.05) is 25.7 Å². The molecule has 1 aliphatic heterocycles. The topological polar surface area (TPSA) is 66.9 Å². The molecule has 0 saturated carbocycles. The van der Waals surface area contributed by atoms with Gasteiger partial charge in [-0.3, -0.25) is 0 Å². The summed E-state index contributed by atoms with van der Waals surface area (Å²) < 4.78 is 32.5. The highest BCUT2D eigenvalue weighted by Crippen LogP contribution is 2.21. The molecule has 1 saturated heterocycles. The fourth-order valence-electron chi connectivity index (χ4n) is 3.08. The quantitative estimate of drug-likeness (QED) is 0.807. The Morgan fingerprint density at radius 2 is 1.74 bits per heavy atom. The lowest BCUT2D eigenvalue weighted by molar-refractivity contribution is 0.0642. The maximum absolute atomic E-state index is 12.8. The molecule has 1 heterocycles. The summed E-state index contributed by atoms with van der Waals surface area (Å²) in [6, 6.07) is 16.0. The highest BCUT2D eigenvalue weighted by Gasteiger charge is 2.34. The summed E-state index contributed by atoms with van der Waals surface area (Å²) in [4.78, 5) is 14.2. The first-order chi connectivity index (χ1) is 12.9. The van der Waals surface area contributed by atoms with E-state index in [-0.39, 0.29) is 30.6 Å². The maximum Gasteiger partial charge on any atom is 0.410 e. The standard InChI is InChI=1S/C20H24N2O4S/c1-16-8-10-19(11-9-16)27(24,25)21-12-13-22(17(2)14-21)20(23)26-15-18-6-4-3-5-7-18/h3-11,17H,12-15H2,1-2H3. The van der Waals surface area contributed by atoms with Gasteiger partial charge in [0.2, 0.25) is 10.0 Å². The molecular formula is C20H24N2O4S. The van der Waals surface area contributed by atoms with Crippen LogP contribution >= 0.6 is 0 Å². The second-order valence-electron chi connectivity index (χ2n) is 6.76. The van der Waals surface area contributed by atoms with Crippen LogP contribution in [0, 0.1) is 6.92 Å². The number of rotatable bonds is 4. The largest absolute Gasteiger partial charge is 0.445 e. The Kier molecular flexibility index (Phi) is 5.82. The SMILES string of the molecule is Cc1ccc(S(=O)(=O)N2CCN(C(=O)OCc3ccccc3)C(C)C2)cc1. The van der Waals surface area contributed by atoms with E-state index in [0.717, 1.165) is 11.1 Å². The lowest BCUT2D eigenvalue weighted by atomic mass is 10.2. The minimum absolute atomic E-state index is 0.203. The monoisotopic (exact) mass is 388 g/mol. The Morgan fingerprint density at radius 1 is 1.07 bits per heavy atom. The van der Waals surface area contributed by atoms with Gasteiger partial charge in [0.25, 0.3) is 0 Å². The summed E-state index contributed by atoms with van der Waals surface area (Å²) in [6.45, 7) is 4.75. The number of amides is 1. The molecule has 0 spiro atoms. The van der Waals surface area contributed by atoms with Gasteiger partial charge in [-0.15, -0.1) is 0 Å². The third kappa shape index (κ3) is 4.48. The summed E-state index contributed by atoms with van der Waals surface area (Å²) in [7, 11) is -3.56. The van der Waals surface area contributed by atoms with Crippen LogP contribution in [0.3, 0.4) is 0 Å². The van der Waals surface area contributed by atoms with Crippen LogP contribution in [0.15, 0.2) is 59.5 Å². The van der Waals surface area contributed by atoms with Crippen molar-refractivity contribution in [1.82, 2.24) is 9.21 Å². The van der Waals surface area contributed by atoms with E-state index in [2.05, 4.69) is 0 Å². The van der Waals surface area contributed by atoms with Crippen LogP contribution in [0.5, 0.6) is 0 Å². The first-order valence-corrected chi connectivity index (χ1v) is 10.4. The second-order valence-corrected chi connectivity index (χ2v) is 8.70. The lowest BCUT2D eigenvalue weighted by Crippen LogP contribution is -2.55. The average Bonchev–Trinajstić information content (AvgIpc) is 2.67. The molecule has 1 aliphatic rings. The highest BCUT2D eigenvalue weighted by molar-refractivity contribution is 7.89. The summed E-state index contributed by atoms with van der Waals surface area (Å²) >= 11 is 0. The zero-order valence-corrected chi connectivity index (χ0v) is 16.4. The number of aryl methyl sites for hydroxylation is 1. The molecule has 144 valence electrons. The van der Waals surface area contributed by atoms with Crippen molar-refractivity contribution in [3.63, 3.8) is 0 Å². The van der Waals surface area contributed by atoms with Crippen molar-refractivity contribution < 1.29 is 17.9 Å². The van der Waals surface area contributed by atoms with Crippen molar-refractivity contribution >= 4 is 16.1 Å². The molecule has 7 heteroatoms. The normalized spacial score (nSPS) is 18.3. The van der Waals surface area contributed by atoms with E-state index in [1.54, 1.807) is 29.2 Å². The Hall–Kier alpha value is -2.38. The molecule has 6 nitrogen and oxygen atoms in total. The molecule has 0 aromatic heterocycles. The fraction of sp³-hybridized carbons (Fsp3) is 0.350. The number of carbonyl (C=O) groups excluding carboxylic acids is 1. The molecule has 0 N–H and O–H groups in total. The molecule has 2 aromatic carbocycles. The Bertz CT molecular complexity index is 882. The van der Waals surface area contributed by atoms with Gasteiger partial charge in [-0.2, -0.15) is 4.31 Å². The molecule has 1 amide bonds. The van der Waals surface area contributed by atoms with Crippen LogP contribution in [0.4, 0.5) is 4.79 Å².